The lowest BCUT2D eigenvalue weighted by molar-refractivity contribution is -0.105. The van der Waals surface area contributed by atoms with Crippen LogP contribution in [0.25, 0.3) is 22.2 Å². The maximum atomic E-state index is 14.9. The second-order valence-corrected chi connectivity index (χ2v) is 16.8. The zero-order valence-electron chi connectivity index (χ0n) is 26.6. The number of aromatic nitrogens is 7. The number of aliphatic hydroxyl groups excluding tert-OH is 1. The number of halogens is 1. The Hall–Kier alpha value is -2.99. The van der Waals surface area contributed by atoms with Crippen molar-refractivity contribution in [2.24, 2.45) is 0 Å². The third kappa shape index (κ3) is 8.32. The fourth-order valence-corrected chi connectivity index (χ4v) is 8.29. The zero-order chi connectivity index (χ0) is 36.5. The quantitative estimate of drug-likeness (QED) is 0.0890. The first-order valence-electron chi connectivity index (χ1n) is 15.0. The molecule has 21 nitrogen and oxygen atoms in total. The van der Waals surface area contributed by atoms with Crippen LogP contribution in [0.4, 0.5) is 15.0 Å². The number of ether oxygens (including phenoxy) is 3. The van der Waals surface area contributed by atoms with E-state index in [4.69, 9.17) is 32.3 Å². The van der Waals surface area contributed by atoms with Crippen molar-refractivity contribution >= 4 is 72.2 Å². The summed E-state index contributed by atoms with van der Waals surface area (Å²) in [6, 6.07) is 0. The van der Waals surface area contributed by atoms with Crippen molar-refractivity contribution in [3.8, 4) is 0 Å². The zero-order valence-corrected chi connectivity index (χ0v) is 30.2. The Labute approximate surface area is 297 Å². The molecule has 4 N–H and O–H groups in total. The number of anilines is 1. The predicted molar refractivity (Wildman–Crippen MR) is 180 cm³/mol. The number of hydrogen-bond acceptors (Lipinski definition) is 17. The molecule has 8 atom stereocenters. The summed E-state index contributed by atoms with van der Waals surface area (Å²) in [4.78, 5) is 43.5. The Kier molecular flexibility index (Phi) is 11.5. The van der Waals surface area contributed by atoms with Crippen LogP contribution in [0.2, 0.25) is 0 Å². The number of amides is 1. The minimum absolute atomic E-state index is 0.0161. The number of H-pyrrole nitrogens is 1. The molecule has 51 heavy (non-hydrogen) atoms. The molecule has 6 rings (SSSR count). The molecule has 2 fully saturated rings. The number of likely N-dealkylation sites (N-methyl/N-ethyl adjacent to an activating group) is 1. The maximum Gasteiger partial charge on any atom is 0.412 e. The molecule has 0 aliphatic carbocycles. The molecule has 4 aromatic rings. The number of thiol groups is 2. The molecular formula is C25H32FN9O12P2S2. The minimum Gasteiger partial charge on any atom is -0.448 e. The second kappa shape index (κ2) is 15.5. The van der Waals surface area contributed by atoms with Crippen molar-refractivity contribution < 1.29 is 55.7 Å². The Morgan fingerprint density at radius 3 is 2.65 bits per heavy atom. The van der Waals surface area contributed by atoms with Gasteiger partial charge in [-0.2, -0.15) is 0 Å². The Morgan fingerprint density at radius 2 is 1.88 bits per heavy atom. The number of hydrogen-bond donors (Lipinski definition) is 6. The van der Waals surface area contributed by atoms with Crippen molar-refractivity contribution in [3.63, 3.8) is 0 Å². The van der Waals surface area contributed by atoms with E-state index in [1.54, 1.807) is 7.05 Å². The molecule has 2 saturated heterocycles. The van der Waals surface area contributed by atoms with Crippen molar-refractivity contribution in [2.45, 2.75) is 43.3 Å². The topological polar surface area (TPSA) is 254 Å². The number of carbonyl (C=O) groups is 1. The minimum atomic E-state index is -4.50. The fraction of sp³-hybridized carbons (Fsp3) is 0.520. The number of rotatable bonds is 7. The number of aliphatic hydroxyl groups is 1. The van der Waals surface area contributed by atoms with Crippen LogP contribution in [0.3, 0.4) is 0 Å². The number of nitrogens with zero attached hydrogens (tertiary/aromatic N) is 6. The molecule has 6 heterocycles. The highest BCUT2D eigenvalue weighted by Gasteiger charge is 2.45. The molecular weight excluding hydrogens is 763 g/mol. The van der Waals surface area contributed by atoms with Crippen LogP contribution in [0, 0.1) is 5.82 Å². The lowest BCUT2D eigenvalue weighted by atomic mass is 10.2. The highest BCUT2D eigenvalue weighted by molar-refractivity contribution is 8.44. The van der Waals surface area contributed by atoms with Gasteiger partial charge in [-0.25, -0.2) is 38.3 Å². The first-order chi connectivity index (χ1) is 24.3. The van der Waals surface area contributed by atoms with Gasteiger partial charge < -0.3 is 29.6 Å². The lowest BCUT2D eigenvalue weighted by Gasteiger charge is -2.31. The first-order valence-corrected chi connectivity index (χ1v) is 20.4. The van der Waals surface area contributed by atoms with Gasteiger partial charge in [-0.1, -0.05) is 24.5 Å². The molecule has 0 saturated carbocycles. The summed E-state index contributed by atoms with van der Waals surface area (Å²) in [5, 5.41) is 16.2. The lowest BCUT2D eigenvalue weighted by Crippen LogP contribution is -2.40. The van der Waals surface area contributed by atoms with Crippen molar-refractivity contribution in [1.82, 2.24) is 39.4 Å². The molecule has 0 bridgehead atoms. The van der Waals surface area contributed by atoms with Crippen LogP contribution in [0.5, 0.6) is 0 Å². The van der Waals surface area contributed by atoms with Gasteiger partial charge in [0.15, 0.2) is 34.7 Å². The van der Waals surface area contributed by atoms with Crippen LogP contribution in [-0.4, -0.2) is 110 Å². The van der Waals surface area contributed by atoms with E-state index in [1.165, 1.54) is 24.3 Å². The van der Waals surface area contributed by atoms with Crippen LogP contribution in [0.15, 0.2) is 30.0 Å². The van der Waals surface area contributed by atoms with Crippen LogP contribution < -0.4 is 16.2 Å². The number of methoxy groups -OCH3 is 1. The van der Waals surface area contributed by atoms with E-state index in [2.05, 4.69) is 60.1 Å². The van der Waals surface area contributed by atoms with Gasteiger partial charge in [0, 0.05) is 26.3 Å². The van der Waals surface area contributed by atoms with Gasteiger partial charge in [0.2, 0.25) is 0 Å². The molecule has 0 aromatic carbocycles. The van der Waals surface area contributed by atoms with E-state index < -0.39 is 86.5 Å². The van der Waals surface area contributed by atoms with Gasteiger partial charge in [0.1, 0.15) is 49.0 Å². The highest BCUT2D eigenvalue weighted by Crippen LogP contribution is 2.59. The summed E-state index contributed by atoms with van der Waals surface area (Å²) in [5.41, 5.74) is -0.670. The summed E-state index contributed by atoms with van der Waals surface area (Å²) < 4.78 is 83.6. The number of fused-ring (bicyclic) bond motifs is 3. The van der Waals surface area contributed by atoms with Crippen LogP contribution >= 0.6 is 38.1 Å². The number of nitrogens with one attached hydrogen (secondary N) is 3. The first kappa shape index (κ1) is 37.8. The maximum absolute atomic E-state index is 14.9. The largest absolute Gasteiger partial charge is 0.448 e. The van der Waals surface area contributed by atoms with E-state index in [0.717, 1.165) is 17.1 Å². The third-order valence-electron chi connectivity index (χ3n) is 7.79. The van der Waals surface area contributed by atoms with Crippen LogP contribution in [0.1, 0.15) is 18.9 Å². The van der Waals surface area contributed by atoms with E-state index in [9.17, 15) is 28.2 Å². The molecule has 1 amide bonds. The summed E-state index contributed by atoms with van der Waals surface area (Å²) in [6.45, 7) is -9.37. The van der Waals surface area contributed by atoms with Gasteiger partial charge in [-0.05, 0) is 7.05 Å². The molecule has 0 radical (unpaired) electrons. The summed E-state index contributed by atoms with van der Waals surface area (Å²) >= 11 is 8.19. The standard InChI is InChI=1S/C25H32FN9O12P2S2/c1-27-3-4-42-25(38)33-20-18-22(30-9-28-20)35(11-32-18)16-5-13-14(45-16)7-43-49(40,51)47-24(19(36)15(41-2)8-44-48(39,50)46-13)34-6-12(26)17-21(34)29-10-31-23(17)37/h6,9-11,13-16,19,24,27,36H,3-5,7-8H2,1-2H3,(H,39,50)(H,40,51)(H,29,31,37)(H,28,30,33,38)/t13-,14+,15+,16+,19+,24+,48+,49+/m0/s1. The molecule has 2 aliphatic heterocycles. The number of imidazole rings is 1. The third-order valence-corrected chi connectivity index (χ3v) is 11.0. The second-order valence-electron chi connectivity index (χ2n) is 11.0. The molecule has 0 unspecified atom stereocenters. The average Bonchev–Trinajstić information content (AvgIpc) is 3.78. The van der Waals surface area contributed by atoms with Crippen LogP contribution in [-0.2, 0) is 41.4 Å². The predicted octanol–water partition coefficient (Wildman–Crippen LogP) is 2.16. The normalized spacial score (nSPS) is 30.7. The Morgan fingerprint density at radius 1 is 1.12 bits per heavy atom. The molecule has 26 heteroatoms. The molecule has 0 spiro atoms. The van der Waals surface area contributed by atoms with Gasteiger partial charge in [0.05, 0.1) is 25.9 Å². The van der Waals surface area contributed by atoms with Gasteiger partial charge in [0.25, 0.3) is 5.56 Å². The smallest absolute Gasteiger partial charge is 0.412 e. The summed E-state index contributed by atoms with van der Waals surface area (Å²) in [6.07, 6.45) is -4.54. The number of carbonyl (C=O) groups excluding carboxylic acids is 1. The van der Waals surface area contributed by atoms with Crippen molar-refractivity contribution in [3.05, 3.63) is 41.3 Å². The van der Waals surface area contributed by atoms with E-state index >= 15 is 0 Å². The average molecular weight is 796 g/mol. The molecule has 4 aromatic heterocycles. The Balaban J connectivity index is 1.28. The Bertz CT molecular complexity index is 2060. The number of aromatic amines is 1. The fourth-order valence-electron chi connectivity index (χ4n) is 5.38. The molecule has 2 aliphatic rings. The van der Waals surface area contributed by atoms with Gasteiger partial charge >= 0.3 is 19.7 Å². The van der Waals surface area contributed by atoms with Crippen molar-refractivity contribution in [1.29, 1.82) is 0 Å². The van der Waals surface area contributed by atoms with E-state index in [-0.39, 0.29) is 35.7 Å². The van der Waals surface area contributed by atoms with Crippen molar-refractivity contribution in [2.75, 3.05) is 45.8 Å². The highest BCUT2D eigenvalue weighted by atomic mass is 32.7. The molecule has 278 valence electrons. The monoisotopic (exact) mass is 795 g/mol. The summed E-state index contributed by atoms with van der Waals surface area (Å²) in [7, 11) is 2.89. The van der Waals surface area contributed by atoms with E-state index in [1.807, 2.05) is 0 Å². The van der Waals surface area contributed by atoms with E-state index in [0.29, 0.717) is 6.54 Å². The SMILES string of the molecule is CNCCOC(=O)Nc1ncnc2c1ncn2[C@H]1C[C@@H]2O[P@](=O)(S)OC[C@@H](OC)[C@@H](O)[C@H](n3cc(F)c4c(=O)[nH]cnc43)O[P@](=O)(S)OC[C@H]2O1. The van der Waals surface area contributed by atoms with Gasteiger partial charge in [-0.3, -0.25) is 37.3 Å². The summed E-state index contributed by atoms with van der Waals surface area (Å²) in [5.74, 6) is -0.960. The van der Waals surface area contributed by atoms with Gasteiger partial charge in [-0.15, -0.1) is 0 Å².